The standard InChI is InChI=1S/C14H15N3O3/c18-8-7-17(9-5-6-9)14(20)12-10-3-1-2-4-11(10)13(19)16-15-12/h1-4,9,18H,5-8H2,(H,16,19). The summed E-state index contributed by atoms with van der Waals surface area (Å²) in [7, 11) is 0. The minimum absolute atomic E-state index is 0.0798. The van der Waals surface area contributed by atoms with Gasteiger partial charge in [0.05, 0.1) is 12.0 Å². The Hall–Kier alpha value is -2.21. The maximum Gasteiger partial charge on any atom is 0.275 e. The fourth-order valence-corrected chi connectivity index (χ4v) is 2.36. The Labute approximate surface area is 115 Å². The molecule has 1 aliphatic carbocycles. The van der Waals surface area contributed by atoms with Crippen LogP contribution in [-0.2, 0) is 0 Å². The van der Waals surface area contributed by atoms with Gasteiger partial charge < -0.3 is 10.0 Å². The summed E-state index contributed by atoms with van der Waals surface area (Å²) in [5.41, 5.74) is -0.0715. The van der Waals surface area contributed by atoms with E-state index >= 15 is 0 Å². The Kier molecular flexibility index (Phi) is 3.23. The van der Waals surface area contributed by atoms with Crippen LogP contribution in [0.4, 0.5) is 0 Å². The smallest absolute Gasteiger partial charge is 0.275 e. The number of benzene rings is 1. The lowest BCUT2D eigenvalue weighted by Gasteiger charge is -2.21. The predicted octanol–water partition coefficient (Wildman–Crippen LogP) is 0.520. The van der Waals surface area contributed by atoms with Gasteiger partial charge in [0, 0.05) is 18.0 Å². The van der Waals surface area contributed by atoms with Crippen molar-refractivity contribution in [2.45, 2.75) is 18.9 Å². The van der Waals surface area contributed by atoms with Crippen molar-refractivity contribution in [1.29, 1.82) is 0 Å². The Morgan fingerprint density at radius 3 is 2.70 bits per heavy atom. The summed E-state index contributed by atoms with van der Waals surface area (Å²) >= 11 is 0. The average molecular weight is 273 g/mol. The van der Waals surface area contributed by atoms with E-state index in [1.807, 2.05) is 0 Å². The molecule has 0 radical (unpaired) electrons. The van der Waals surface area contributed by atoms with Crippen molar-refractivity contribution < 1.29 is 9.90 Å². The van der Waals surface area contributed by atoms with Gasteiger partial charge in [0.15, 0.2) is 5.69 Å². The van der Waals surface area contributed by atoms with Crippen molar-refractivity contribution in [2.24, 2.45) is 0 Å². The summed E-state index contributed by atoms with van der Waals surface area (Å²) in [6, 6.07) is 7.09. The van der Waals surface area contributed by atoms with E-state index in [9.17, 15) is 9.59 Å². The van der Waals surface area contributed by atoms with Gasteiger partial charge in [0.2, 0.25) is 0 Å². The second-order valence-corrected chi connectivity index (χ2v) is 4.90. The molecule has 1 aromatic carbocycles. The van der Waals surface area contributed by atoms with E-state index in [0.29, 0.717) is 17.3 Å². The number of nitrogens with one attached hydrogen (secondary N) is 1. The van der Waals surface area contributed by atoms with Gasteiger partial charge in [0.1, 0.15) is 0 Å². The second kappa shape index (κ2) is 5.05. The van der Waals surface area contributed by atoms with Gasteiger partial charge in [-0.25, -0.2) is 5.10 Å². The molecule has 1 heterocycles. The van der Waals surface area contributed by atoms with Gasteiger partial charge in [-0.1, -0.05) is 18.2 Å². The van der Waals surface area contributed by atoms with Crippen molar-refractivity contribution >= 4 is 16.7 Å². The summed E-state index contributed by atoms with van der Waals surface area (Å²) in [6.07, 6.45) is 1.90. The van der Waals surface area contributed by atoms with E-state index in [1.54, 1.807) is 29.2 Å². The Morgan fingerprint density at radius 1 is 1.35 bits per heavy atom. The second-order valence-electron chi connectivity index (χ2n) is 4.90. The highest BCUT2D eigenvalue weighted by Crippen LogP contribution is 2.28. The number of aliphatic hydroxyl groups excluding tert-OH is 1. The maximum atomic E-state index is 12.6. The first kappa shape index (κ1) is 12.8. The lowest BCUT2D eigenvalue weighted by atomic mass is 10.1. The van der Waals surface area contributed by atoms with E-state index in [1.165, 1.54) is 0 Å². The van der Waals surface area contributed by atoms with E-state index in [0.717, 1.165) is 12.8 Å². The monoisotopic (exact) mass is 273 g/mol. The SMILES string of the molecule is O=C(c1n[nH]c(=O)c2ccccc12)N(CCO)C1CC1. The molecular formula is C14H15N3O3. The number of amides is 1. The zero-order valence-corrected chi connectivity index (χ0v) is 10.9. The fraction of sp³-hybridized carbons (Fsp3) is 0.357. The minimum Gasteiger partial charge on any atom is -0.395 e. The number of aromatic nitrogens is 2. The van der Waals surface area contributed by atoms with Crippen molar-refractivity contribution in [3.8, 4) is 0 Å². The molecule has 0 aliphatic heterocycles. The summed E-state index contributed by atoms with van der Waals surface area (Å²) in [5, 5.41) is 16.4. The first-order valence-electron chi connectivity index (χ1n) is 6.61. The van der Waals surface area contributed by atoms with Gasteiger partial charge in [-0.05, 0) is 18.9 Å². The van der Waals surface area contributed by atoms with Crippen LogP contribution in [-0.4, -0.2) is 45.3 Å². The van der Waals surface area contributed by atoms with E-state index in [2.05, 4.69) is 10.2 Å². The minimum atomic E-state index is -0.308. The number of aliphatic hydroxyl groups is 1. The molecule has 0 unspecified atom stereocenters. The van der Waals surface area contributed by atoms with Crippen molar-refractivity contribution in [1.82, 2.24) is 15.1 Å². The van der Waals surface area contributed by atoms with Crippen LogP contribution < -0.4 is 5.56 Å². The quantitative estimate of drug-likeness (QED) is 0.850. The van der Waals surface area contributed by atoms with Crippen LogP contribution in [0.15, 0.2) is 29.1 Å². The number of hydrogen-bond donors (Lipinski definition) is 2. The lowest BCUT2D eigenvalue weighted by molar-refractivity contribution is 0.0702. The Balaban J connectivity index is 2.07. The molecule has 2 aromatic rings. The molecule has 1 saturated carbocycles. The molecule has 20 heavy (non-hydrogen) atoms. The number of H-pyrrole nitrogens is 1. The Bertz CT molecular complexity index is 706. The number of carbonyl (C=O) groups excluding carboxylic acids is 1. The highest BCUT2D eigenvalue weighted by molar-refractivity contribution is 6.04. The van der Waals surface area contributed by atoms with Crippen LogP contribution in [0, 0.1) is 0 Å². The number of aromatic amines is 1. The molecule has 6 heteroatoms. The molecule has 104 valence electrons. The summed E-state index contributed by atoms with van der Waals surface area (Å²) in [5.74, 6) is -0.242. The van der Waals surface area contributed by atoms with Gasteiger partial charge in [0.25, 0.3) is 11.5 Å². The largest absolute Gasteiger partial charge is 0.395 e. The van der Waals surface area contributed by atoms with Crippen LogP contribution in [0.2, 0.25) is 0 Å². The van der Waals surface area contributed by atoms with Gasteiger partial charge >= 0.3 is 0 Å². The van der Waals surface area contributed by atoms with Crippen LogP contribution in [0.25, 0.3) is 10.8 Å². The molecule has 0 atom stereocenters. The van der Waals surface area contributed by atoms with Gasteiger partial charge in [-0.2, -0.15) is 5.10 Å². The average Bonchev–Trinajstić information content (AvgIpc) is 3.29. The van der Waals surface area contributed by atoms with Crippen LogP contribution in [0.1, 0.15) is 23.3 Å². The third-order valence-corrected chi connectivity index (χ3v) is 3.49. The molecule has 3 rings (SSSR count). The van der Waals surface area contributed by atoms with Crippen molar-refractivity contribution in [3.05, 3.63) is 40.3 Å². The highest BCUT2D eigenvalue weighted by atomic mass is 16.3. The number of hydrogen-bond acceptors (Lipinski definition) is 4. The fourth-order valence-electron chi connectivity index (χ4n) is 2.36. The molecule has 0 spiro atoms. The molecule has 1 amide bonds. The third-order valence-electron chi connectivity index (χ3n) is 3.49. The zero-order chi connectivity index (χ0) is 14.1. The van der Waals surface area contributed by atoms with Crippen LogP contribution in [0.3, 0.4) is 0 Å². The van der Waals surface area contributed by atoms with Crippen LogP contribution >= 0.6 is 0 Å². The summed E-state index contributed by atoms with van der Waals surface area (Å²) in [6.45, 7) is 0.210. The Morgan fingerprint density at radius 2 is 2.05 bits per heavy atom. The van der Waals surface area contributed by atoms with E-state index in [-0.39, 0.29) is 29.8 Å². The normalized spacial score (nSPS) is 14.4. The predicted molar refractivity (Wildman–Crippen MR) is 73.5 cm³/mol. The number of carbonyl (C=O) groups is 1. The number of fused-ring (bicyclic) bond motifs is 1. The number of rotatable bonds is 4. The third kappa shape index (κ3) is 2.18. The topological polar surface area (TPSA) is 86.3 Å². The zero-order valence-electron chi connectivity index (χ0n) is 10.9. The first-order chi connectivity index (χ1) is 9.72. The molecule has 1 aliphatic rings. The maximum absolute atomic E-state index is 12.6. The van der Waals surface area contributed by atoms with E-state index < -0.39 is 0 Å². The highest BCUT2D eigenvalue weighted by Gasteiger charge is 2.34. The molecule has 1 fully saturated rings. The van der Waals surface area contributed by atoms with E-state index in [4.69, 9.17) is 5.11 Å². The van der Waals surface area contributed by atoms with Crippen molar-refractivity contribution in [2.75, 3.05) is 13.2 Å². The van der Waals surface area contributed by atoms with Gasteiger partial charge in [-0.15, -0.1) is 0 Å². The van der Waals surface area contributed by atoms with Gasteiger partial charge in [-0.3, -0.25) is 9.59 Å². The molecule has 2 N–H and O–H groups in total. The lowest BCUT2D eigenvalue weighted by Crippen LogP contribution is -2.36. The number of nitrogens with zero attached hydrogens (tertiary/aromatic N) is 2. The summed E-state index contributed by atoms with van der Waals surface area (Å²) in [4.78, 5) is 25.9. The first-order valence-corrected chi connectivity index (χ1v) is 6.61. The van der Waals surface area contributed by atoms with Crippen molar-refractivity contribution in [3.63, 3.8) is 0 Å². The molecule has 1 aromatic heterocycles. The molecule has 0 saturated heterocycles. The van der Waals surface area contributed by atoms with Crippen LogP contribution in [0.5, 0.6) is 0 Å². The molecule has 0 bridgehead atoms. The summed E-state index contributed by atoms with van der Waals surface area (Å²) < 4.78 is 0. The molecule has 6 nitrogen and oxygen atoms in total. The molecular weight excluding hydrogens is 258 g/mol.